The maximum absolute atomic E-state index is 10.0. The predicted octanol–water partition coefficient (Wildman–Crippen LogP) is -0.570. The molecule has 0 aromatic heterocycles. The summed E-state index contributed by atoms with van der Waals surface area (Å²) >= 11 is 0. The third-order valence-electron chi connectivity index (χ3n) is 1.26. The van der Waals surface area contributed by atoms with Crippen molar-refractivity contribution in [3.8, 4) is 0 Å². The summed E-state index contributed by atoms with van der Waals surface area (Å²) in [4.78, 5) is 20.0. The van der Waals surface area contributed by atoms with Gasteiger partial charge in [-0.2, -0.15) is 0 Å². The van der Waals surface area contributed by atoms with Crippen LogP contribution in [0, 0.1) is 0 Å². The summed E-state index contributed by atoms with van der Waals surface area (Å²) in [6.45, 7) is 3.04. The molecule has 70 valence electrons. The van der Waals surface area contributed by atoms with E-state index in [1.807, 2.05) is 0 Å². The van der Waals surface area contributed by atoms with Crippen LogP contribution in [0.3, 0.4) is 0 Å². The topological polar surface area (TPSA) is 87.4 Å². The second-order valence-electron chi connectivity index (χ2n) is 2.49. The van der Waals surface area contributed by atoms with Crippen molar-refractivity contribution in [2.24, 2.45) is 0 Å². The summed E-state index contributed by atoms with van der Waals surface area (Å²) < 4.78 is 8.79. The third kappa shape index (κ3) is 4.81. The van der Waals surface area contributed by atoms with E-state index in [-0.39, 0.29) is 18.3 Å². The number of hydrogen-bond acceptors (Lipinski definition) is 4. The molecule has 2 fully saturated rings. The molecule has 5 nitrogen and oxygen atoms in total. The van der Waals surface area contributed by atoms with Crippen molar-refractivity contribution in [1.82, 2.24) is 0 Å². The van der Waals surface area contributed by atoms with Gasteiger partial charge in [-0.15, -0.1) is 0 Å². The monoisotopic (exact) mass is 176 g/mol. The van der Waals surface area contributed by atoms with Crippen molar-refractivity contribution >= 4 is 11.9 Å². The molecule has 1 atom stereocenters. The summed E-state index contributed by atoms with van der Waals surface area (Å²) in [5, 5.41) is 0. The van der Waals surface area contributed by atoms with E-state index in [0.29, 0.717) is 6.10 Å². The first-order chi connectivity index (χ1) is 5.18. The van der Waals surface area contributed by atoms with Crippen molar-refractivity contribution in [3.63, 3.8) is 0 Å². The molecule has 0 aromatic rings. The Hall–Kier alpha value is -0.940. The Morgan fingerprint density at radius 2 is 1.58 bits per heavy atom. The first kappa shape index (κ1) is 11.1. The van der Waals surface area contributed by atoms with E-state index < -0.39 is 11.9 Å². The van der Waals surface area contributed by atoms with E-state index in [1.54, 1.807) is 0 Å². The highest BCUT2D eigenvalue weighted by Crippen LogP contribution is 2.04. The Bertz CT molecular complexity index is 159. The highest BCUT2D eigenvalue weighted by atomic mass is 16.6. The van der Waals surface area contributed by atoms with Crippen molar-refractivity contribution in [2.75, 3.05) is 6.61 Å². The van der Waals surface area contributed by atoms with E-state index in [0.717, 1.165) is 6.61 Å². The third-order valence-corrected chi connectivity index (χ3v) is 1.26. The average molecular weight is 176 g/mol. The maximum Gasteiger partial charge on any atom is 0.314 e. The van der Waals surface area contributed by atoms with Crippen LogP contribution in [0.1, 0.15) is 19.8 Å². The van der Waals surface area contributed by atoms with Gasteiger partial charge in [0.05, 0.1) is 25.6 Å². The minimum Gasteiger partial charge on any atom is -0.412 e. The molecule has 0 bridgehead atoms. The molecule has 2 aliphatic heterocycles. The summed E-state index contributed by atoms with van der Waals surface area (Å²) in [6, 6.07) is 0. The number of esters is 2. The molecule has 0 radical (unpaired) electrons. The van der Waals surface area contributed by atoms with E-state index in [9.17, 15) is 9.59 Å². The molecule has 0 aliphatic carbocycles. The molecule has 0 spiro atoms. The van der Waals surface area contributed by atoms with Crippen molar-refractivity contribution in [2.45, 2.75) is 25.9 Å². The van der Waals surface area contributed by atoms with Gasteiger partial charge in [0.2, 0.25) is 0 Å². The zero-order chi connectivity index (χ0) is 8.27. The highest BCUT2D eigenvalue weighted by molar-refractivity contribution is 5.92. The van der Waals surface area contributed by atoms with Crippen molar-refractivity contribution in [1.29, 1.82) is 0 Å². The van der Waals surface area contributed by atoms with Gasteiger partial charge in [0, 0.05) is 0 Å². The molecule has 2 aliphatic rings. The van der Waals surface area contributed by atoms with Gasteiger partial charge >= 0.3 is 11.9 Å². The van der Waals surface area contributed by atoms with Crippen LogP contribution in [0.5, 0.6) is 0 Å². The summed E-state index contributed by atoms with van der Waals surface area (Å²) in [6.07, 6.45) is 1.11. The van der Waals surface area contributed by atoms with Crippen LogP contribution in [0.25, 0.3) is 0 Å². The molecular weight excluding hydrogens is 164 g/mol. The zero-order valence-electron chi connectivity index (χ0n) is 6.83. The van der Waals surface area contributed by atoms with E-state index in [1.165, 1.54) is 0 Å². The largest absolute Gasteiger partial charge is 0.412 e. The molecule has 0 saturated carbocycles. The van der Waals surface area contributed by atoms with E-state index in [4.69, 9.17) is 4.74 Å². The van der Waals surface area contributed by atoms with E-state index >= 15 is 0 Å². The second kappa shape index (κ2) is 4.84. The fourth-order valence-electron chi connectivity index (χ4n) is 0.529. The van der Waals surface area contributed by atoms with Crippen LogP contribution >= 0.6 is 0 Å². The fourth-order valence-corrected chi connectivity index (χ4v) is 0.529. The molecule has 0 amide bonds. The summed E-state index contributed by atoms with van der Waals surface area (Å²) in [7, 11) is 0. The van der Waals surface area contributed by atoms with Gasteiger partial charge in [-0.05, 0) is 6.92 Å². The van der Waals surface area contributed by atoms with Gasteiger partial charge in [-0.3, -0.25) is 9.59 Å². The molecule has 2 saturated heterocycles. The average Bonchev–Trinajstić information content (AvgIpc) is 2.61. The van der Waals surface area contributed by atoms with Crippen LogP contribution in [0.4, 0.5) is 0 Å². The van der Waals surface area contributed by atoms with Gasteiger partial charge in [-0.1, -0.05) is 0 Å². The van der Waals surface area contributed by atoms with Crippen molar-refractivity contribution in [3.05, 3.63) is 0 Å². The summed E-state index contributed by atoms with van der Waals surface area (Å²) in [5.74, 6) is -0.796. The number of carbonyl (C=O) groups excluding carboxylic acids is 2. The standard InChI is InChI=1S/C4H4O3.C3H6O.H2O/c5-3-1-2-4(6)7-3;1-3-2-4-3;/h1-2H2;3H,2H2,1H3;1H2. The minimum atomic E-state index is -0.398. The molecule has 12 heavy (non-hydrogen) atoms. The van der Waals surface area contributed by atoms with Crippen LogP contribution in [0.15, 0.2) is 0 Å². The lowest BCUT2D eigenvalue weighted by molar-refractivity contribution is -0.151. The lowest BCUT2D eigenvalue weighted by Crippen LogP contribution is -1.94. The van der Waals surface area contributed by atoms with Crippen LogP contribution in [0.2, 0.25) is 0 Å². The van der Waals surface area contributed by atoms with Crippen molar-refractivity contribution < 1.29 is 24.5 Å². The fraction of sp³-hybridized carbons (Fsp3) is 0.714. The number of epoxide rings is 1. The molecule has 2 N–H and O–H groups in total. The lowest BCUT2D eigenvalue weighted by atomic mass is 10.4. The van der Waals surface area contributed by atoms with Crippen LogP contribution in [-0.4, -0.2) is 30.1 Å². The molecule has 0 aromatic carbocycles. The molecular formula is C7H12O5. The van der Waals surface area contributed by atoms with Gasteiger partial charge in [0.15, 0.2) is 0 Å². The maximum atomic E-state index is 10.0. The minimum absolute atomic E-state index is 0. The smallest absolute Gasteiger partial charge is 0.314 e. The number of cyclic esters (lactones) is 2. The number of hydrogen-bond donors (Lipinski definition) is 0. The summed E-state index contributed by atoms with van der Waals surface area (Å²) in [5.41, 5.74) is 0. The normalized spacial score (nSPS) is 24.9. The molecule has 1 unspecified atom stereocenters. The first-order valence-corrected chi connectivity index (χ1v) is 3.53. The lowest BCUT2D eigenvalue weighted by Gasteiger charge is -1.79. The molecule has 5 heteroatoms. The van der Waals surface area contributed by atoms with Gasteiger partial charge < -0.3 is 14.9 Å². The van der Waals surface area contributed by atoms with E-state index in [2.05, 4.69) is 11.7 Å². The molecule has 2 heterocycles. The van der Waals surface area contributed by atoms with Crippen LogP contribution < -0.4 is 0 Å². The second-order valence-corrected chi connectivity index (χ2v) is 2.49. The number of carbonyl (C=O) groups is 2. The Morgan fingerprint density at radius 3 is 1.67 bits per heavy atom. The number of rotatable bonds is 0. The van der Waals surface area contributed by atoms with Crippen LogP contribution in [-0.2, 0) is 19.1 Å². The highest BCUT2D eigenvalue weighted by Gasteiger charge is 2.19. The molecule has 2 rings (SSSR count). The van der Waals surface area contributed by atoms with Gasteiger partial charge in [0.1, 0.15) is 0 Å². The predicted molar refractivity (Wildman–Crippen MR) is 39.4 cm³/mol. The van der Waals surface area contributed by atoms with Gasteiger partial charge in [0.25, 0.3) is 0 Å². The Kier molecular flexibility index (Phi) is 4.46. The quantitative estimate of drug-likeness (QED) is 0.281. The van der Waals surface area contributed by atoms with Gasteiger partial charge in [-0.25, -0.2) is 0 Å². The zero-order valence-corrected chi connectivity index (χ0v) is 6.83. The first-order valence-electron chi connectivity index (χ1n) is 3.53. The SMILES string of the molecule is CC1CO1.O.O=C1CCC(=O)O1. The Labute approximate surface area is 70.0 Å². The Balaban J connectivity index is 0.000000209. The Morgan fingerprint density at radius 1 is 1.25 bits per heavy atom. The number of ether oxygens (including phenoxy) is 2.